The number of aryl methyl sites for hydroxylation is 1. The van der Waals surface area contributed by atoms with Crippen molar-refractivity contribution in [2.24, 2.45) is 0 Å². The van der Waals surface area contributed by atoms with Crippen LogP contribution in [0.25, 0.3) is 0 Å². The van der Waals surface area contributed by atoms with E-state index in [1.54, 1.807) is 0 Å². The average Bonchev–Trinajstić information content (AvgIpc) is 2.91. The maximum Gasteiger partial charge on any atom is 0.245 e. The lowest BCUT2D eigenvalue weighted by Crippen LogP contribution is -2.41. The minimum Gasteiger partial charge on any atom is -0.311 e. The Kier molecular flexibility index (Phi) is 4.57. The van der Waals surface area contributed by atoms with Crippen molar-refractivity contribution >= 4 is 21.6 Å². The van der Waals surface area contributed by atoms with Gasteiger partial charge in [0.1, 0.15) is 17.7 Å². The van der Waals surface area contributed by atoms with E-state index in [1.807, 2.05) is 0 Å². The predicted molar refractivity (Wildman–Crippen MR) is 88.6 cm³/mol. The molecule has 1 saturated heterocycles. The summed E-state index contributed by atoms with van der Waals surface area (Å²) in [5.41, 5.74) is 0.708. The van der Waals surface area contributed by atoms with E-state index in [4.69, 9.17) is 0 Å². The molecular weight excluding hydrogens is 350 g/mol. The smallest absolute Gasteiger partial charge is 0.245 e. The number of sulfonamides is 1. The highest BCUT2D eigenvalue weighted by molar-refractivity contribution is 7.89. The molecule has 8 heteroatoms. The number of anilines is 1. The molecule has 0 aromatic heterocycles. The quantitative estimate of drug-likeness (QED) is 0.903. The van der Waals surface area contributed by atoms with Crippen molar-refractivity contribution < 1.29 is 22.0 Å². The van der Waals surface area contributed by atoms with Gasteiger partial charge >= 0.3 is 0 Å². The fourth-order valence-corrected chi connectivity index (χ4v) is 4.01. The average molecular weight is 366 g/mol. The number of hydrogen-bond acceptors (Lipinski definition) is 3. The van der Waals surface area contributed by atoms with Crippen molar-refractivity contribution in [3.05, 3.63) is 59.7 Å². The lowest BCUT2D eigenvalue weighted by atomic mass is 10.2. The number of rotatable bonds is 4. The SMILES string of the molecule is Cc1cc(S(=O)(=O)N[C@@H]2CCN(c3ccc(F)cc3)C2=O)ccc1F. The summed E-state index contributed by atoms with van der Waals surface area (Å²) >= 11 is 0. The minimum atomic E-state index is -3.95. The van der Waals surface area contributed by atoms with Gasteiger partial charge in [0.2, 0.25) is 15.9 Å². The fourth-order valence-electron chi connectivity index (χ4n) is 2.71. The molecule has 1 atom stereocenters. The van der Waals surface area contributed by atoms with Crippen LogP contribution in [0.3, 0.4) is 0 Å². The van der Waals surface area contributed by atoms with Crippen LogP contribution < -0.4 is 9.62 Å². The summed E-state index contributed by atoms with van der Waals surface area (Å²) in [6, 6.07) is 7.94. The summed E-state index contributed by atoms with van der Waals surface area (Å²) in [5, 5.41) is 0. The summed E-state index contributed by atoms with van der Waals surface area (Å²) in [5.74, 6) is -1.33. The van der Waals surface area contributed by atoms with E-state index in [-0.39, 0.29) is 16.9 Å². The molecule has 0 radical (unpaired) electrons. The van der Waals surface area contributed by atoms with Gasteiger partial charge in [0, 0.05) is 12.2 Å². The number of nitrogens with zero attached hydrogens (tertiary/aromatic N) is 1. The fraction of sp³-hybridized carbons (Fsp3) is 0.235. The molecule has 1 amide bonds. The Hall–Kier alpha value is -2.32. The van der Waals surface area contributed by atoms with E-state index in [0.717, 1.165) is 12.1 Å². The molecule has 25 heavy (non-hydrogen) atoms. The van der Waals surface area contributed by atoms with Crippen molar-refractivity contribution in [3.8, 4) is 0 Å². The predicted octanol–water partition coefficient (Wildman–Crippen LogP) is 2.36. The first-order valence-electron chi connectivity index (χ1n) is 7.63. The van der Waals surface area contributed by atoms with E-state index >= 15 is 0 Å². The Bertz CT molecular complexity index is 914. The van der Waals surface area contributed by atoms with Crippen LogP contribution in [0.1, 0.15) is 12.0 Å². The zero-order valence-electron chi connectivity index (χ0n) is 13.4. The zero-order chi connectivity index (χ0) is 18.2. The molecule has 132 valence electrons. The van der Waals surface area contributed by atoms with E-state index in [1.165, 1.54) is 42.2 Å². The molecule has 1 fully saturated rings. The summed E-state index contributed by atoms with van der Waals surface area (Å²) in [4.78, 5) is 13.8. The molecule has 1 aliphatic heterocycles. The summed E-state index contributed by atoms with van der Waals surface area (Å²) in [7, 11) is -3.95. The third-order valence-electron chi connectivity index (χ3n) is 4.08. The molecule has 1 heterocycles. The number of hydrogen-bond donors (Lipinski definition) is 1. The van der Waals surface area contributed by atoms with Crippen molar-refractivity contribution in [1.29, 1.82) is 0 Å². The summed E-state index contributed by atoms with van der Waals surface area (Å²) in [6.07, 6.45) is 0.287. The largest absolute Gasteiger partial charge is 0.311 e. The first-order chi connectivity index (χ1) is 11.8. The Morgan fingerprint density at radius 2 is 1.80 bits per heavy atom. The third kappa shape index (κ3) is 3.54. The first kappa shape index (κ1) is 17.5. The molecular formula is C17H16F2N2O3S. The molecule has 0 aliphatic carbocycles. The van der Waals surface area contributed by atoms with Crippen molar-refractivity contribution in [3.63, 3.8) is 0 Å². The molecule has 5 nitrogen and oxygen atoms in total. The van der Waals surface area contributed by atoms with E-state index < -0.39 is 33.6 Å². The molecule has 2 aromatic rings. The van der Waals surface area contributed by atoms with Crippen LogP contribution in [-0.4, -0.2) is 26.9 Å². The van der Waals surface area contributed by atoms with Crippen LogP contribution in [0.15, 0.2) is 47.4 Å². The summed E-state index contributed by atoms with van der Waals surface area (Å²) in [6.45, 7) is 1.78. The Balaban J connectivity index is 1.78. The van der Waals surface area contributed by atoms with Crippen molar-refractivity contribution in [1.82, 2.24) is 4.72 Å². The molecule has 0 bridgehead atoms. The van der Waals surface area contributed by atoms with E-state index in [2.05, 4.69) is 4.72 Å². The molecule has 0 unspecified atom stereocenters. The van der Waals surface area contributed by atoms with Crippen LogP contribution in [0.4, 0.5) is 14.5 Å². The number of nitrogens with one attached hydrogen (secondary N) is 1. The zero-order valence-corrected chi connectivity index (χ0v) is 14.2. The van der Waals surface area contributed by atoms with Gasteiger partial charge in [-0.05, 0) is 61.4 Å². The molecule has 1 aliphatic rings. The maximum atomic E-state index is 13.3. The standard InChI is InChI=1S/C17H16F2N2O3S/c1-11-10-14(6-7-15(11)19)25(23,24)20-16-8-9-21(17(16)22)13-4-2-12(18)3-5-13/h2-7,10,16,20H,8-9H2,1H3/t16-/m1/s1. The van der Waals surface area contributed by atoms with Crippen LogP contribution in [0.2, 0.25) is 0 Å². The molecule has 3 rings (SSSR count). The highest BCUT2D eigenvalue weighted by Gasteiger charge is 2.35. The Morgan fingerprint density at radius 1 is 1.12 bits per heavy atom. The van der Waals surface area contributed by atoms with Crippen LogP contribution >= 0.6 is 0 Å². The number of halogens is 2. The lowest BCUT2D eigenvalue weighted by molar-refractivity contribution is -0.118. The lowest BCUT2D eigenvalue weighted by Gasteiger charge is -2.17. The number of carbonyl (C=O) groups is 1. The third-order valence-corrected chi connectivity index (χ3v) is 5.55. The second-order valence-corrected chi connectivity index (χ2v) is 7.55. The van der Waals surface area contributed by atoms with Gasteiger partial charge in [-0.3, -0.25) is 4.79 Å². The van der Waals surface area contributed by atoms with Crippen molar-refractivity contribution in [2.75, 3.05) is 11.4 Å². The molecule has 0 saturated carbocycles. The van der Waals surface area contributed by atoms with Gasteiger partial charge in [-0.15, -0.1) is 0 Å². The maximum absolute atomic E-state index is 13.3. The van der Waals surface area contributed by atoms with Crippen LogP contribution in [-0.2, 0) is 14.8 Å². The molecule has 0 spiro atoms. The van der Waals surface area contributed by atoms with Gasteiger partial charge in [-0.1, -0.05) is 0 Å². The van der Waals surface area contributed by atoms with E-state index in [9.17, 15) is 22.0 Å². The highest BCUT2D eigenvalue weighted by Crippen LogP contribution is 2.23. The van der Waals surface area contributed by atoms with Gasteiger partial charge < -0.3 is 4.90 Å². The van der Waals surface area contributed by atoms with Crippen molar-refractivity contribution in [2.45, 2.75) is 24.3 Å². The Labute approximate surface area is 144 Å². The monoisotopic (exact) mass is 366 g/mol. The van der Waals surface area contributed by atoms with E-state index in [0.29, 0.717) is 12.2 Å². The van der Waals surface area contributed by atoms with Gasteiger partial charge in [0.05, 0.1) is 4.90 Å². The second-order valence-electron chi connectivity index (χ2n) is 5.84. The number of amides is 1. The summed E-state index contributed by atoms with van der Waals surface area (Å²) < 4.78 is 53.5. The highest BCUT2D eigenvalue weighted by atomic mass is 32.2. The van der Waals surface area contributed by atoms with Crippen LogP contribution in [0, 0.1) is 18.6 Å². The normalized spacial score (nSPS) is 18.0. The number of carbonyl (C=O) groups excluding carboxylic acids is 1. The second kappa shape index (κ2) is 6.53. The Morgan fingerprint density at radius 3 is 2.44 bits per heavy atom. The number of benzene rings is 2. The van der Waals surface area contributed by atoms with Gasteiger partial charge in [-0.2, -0.15) is 4.72 Å². The molecule has 1 N–H and O–H groups in total. The van der Waals surface area contributed by atoms with Gasteiger partial charge in [0.25, 0.3) is 0 Å². The minimum absolute atomic E-state index is 0.0977. The topological polar surface area (TPSA) is 66.5 Å². The van der Waals surface area contributed by atoms with Gasteiger partial charge in [0.15, 0.2) is 0 Å². The first-order valence-corrected chi connectivity index (χ1v) is 9.12. The van der Waals surface area contributed by atoms with Crippen LogP contribution in [0.5, 0.6) is 0 Å². The molecule has 2 aromatic carbocycles. The van der Waals surface area contributed by atoms with Gasteiger partial charge in [-0.25, -0.2) is 17.2 Å².